The Bertz CT molecular complexity index is 610. The number of aliphatic hydroxyl groups excluding tert-OH is 1. The van der Waals surface area contributed by atoms with Crippen molar-refractivity contribution >= 4 is 0 Å². The van der Waals surface area contributed by atoms with E-state index in [-0.39, 0.29) is 18.2 Å². The van der Waals surface area contributed by atoms with Gasteiger partial charge in [0.25, 0.3) is 0 Å². The minimum atomic E-state index is -0.678. The minimum Gasteiger partial charge on any atom is -0.392 e. The van der Waals surface area contributed by atoms with Gasteiger partial charge in [-0.05, 0) is 30.7 Å². The van der Waals surface area contributed by atoms with Gasteiger partial charge in [0.15, 0.2) is 0 Å². The fourth-order valence-electron chi connectivity index (χ4n) is 1.88. The van der Waals surface area contributed by atoms with E-state index in [9.17, 15) is 9.50 Å². The fourth-order valence-corrected chi connectivity index (χ4v) is 1.88. The molecule has 0 radical (unpaired) electrons. The average Bonchev–Trinajstić information content (AvgIpc) is 2.48. The Morgan fingerprint density at radius 3 is 2.40 bits per heavy atom. The monoisotopic (exact) mass is 268 g/mol. The van der Waals surface area contributed by atoms with Gasteiger partial charge >= 0.3 is 0 Å². The first-order valence-electron chi connectivity index (χ1n) is 6.65. The molecule has 102 valence electrons. The Hall–Kier alpha value is -2.11. The van der Waals surface area contributed by atoms with E-state index in [1.807, 2.05) is 37.3 Å². The van der Waals surface area contributed by atoms with Crippen molar-refractivity contribution in [2.45, 2.75) is 19.4 Å². The summed E-state index contributed by atoms with van der Waals surface area (Å²) in [4.78, 5) is 0. The van der Waals surface area contributed by atoms with E-state index in [2.05, 4.69) is 11.8 Å². The van der Waals surface area contributed by atoms with Crippen molar-refractivity contribution in [3.05, 3.63) is 71.5 Å². The molecule has 0 amide bonds. The van der Waals surface area contributed by atoms with Crippen LogP contribution in [0, 0.1) is 23.6 Å². The zero-order valence-electron chi connectivity index (χ0n) is 11.4. The number of benzene rings is 2. The van der Waals surface area contributed by atoms with Crippen LogP contribution >= 0.6 is 0 Å². The summed E-state index contributed by atoms with van der Waals surface area (Å²) in [5.41, 5.74) is 1.44. The highest BCUT2D eigenvalue weighted by Crippen LogP contribution is 2.13. The predicted octanol–water partition coefficient (Wildman–Crippen LogP) is 3.42. The zero-order chi connectivity index (χ0) is 14.4. The van der Waals surface area contributed by atoms with Crippen molar-refractivity contribution in [2.24, 2.45) is 5.92 Å². The average molecular weight is 268 g/mol. The highest BCUT2D eigenvalue weighted by molar-refractivity contribution is 5.34. The second kappa shape index (κ2) is 6.88. The van der Waals surface area contributed by atoms with E-state index < -0.39 is 6.10 Å². The molecular weight excluding hydrogens is 251 g/mol. The number of rotatable bonds is 3. The summed E-state index contributed by atoms with van der Waals surface area (Å²) in [5, 5.41) is 10.1. The van der Waals surface area contributed by atoms with Crippen molar-refractivity contribution in [3.8, 4) is 11.8 Å². The lowest BCUT2D eigenvalue weighted by atomic mass is 9.97. The molecule has 0 bridgehead atoms. The second-order valence-corrected chi connectivity index (χ2v) is 4.79. The molecule has 0 fully saturated rings. The maximum absolute atomic E-state index is 13.5. The molecule has 0 aliphatic heterocycles. The molecule has 0 aliphatic carbocycles. The molecule has 20 heavy (non-hydrogen) atoms. The lowest BCUT2D eigenvalue weighted by molar-refractivity contribution is 0.141. The molecule has 2 heteroatoms. The van der Waals surface area contributed by atoms with Crippen LogP contribution < -0.4 is 0 Å². The molecule has 1 nitrogen and oxygen atoms in total. The summed E-state index contributed by atoms with van der Waals surface area (Å²) < 4.78 is 13.5. The standard InChI is InChI=1S/C18H17FO/c1-14(11-12-15-7-3-2-4-8-15)18(20)13-16-9-5-6-10-17(16)19/h2-10,14,18,20H,13H2,1H3/t14-,18-/m0/s1. The van der Waals surface area contributed by atoms with Gasteiger partial charge in [-0.25, -0.2) is 4.39 Å². The van der Waals surface area contributed by atoms with Crippen LogP contribution in [0.2, 0.25) is 0 Å². The third-order valence-corrected chi connectivity index (χ3v) is 3.18. The molecule has 0 saturated carbocycles. The molecular formula is C18H17FO. The summed E-state index contributed by atoms with van der Waals surface area (Å²) in [6.07, 6.45) is -0.403. The van der Waals surface area contributed by atoms with E-state index in [0.29, 0.717) is 5.56 Å². The maximum atomic E-state index is 13.5. The lowest BCUT2D eigenvalue weighted by Gasteiger charge is -2.14. The van der Waals surface area contributed by atoms with Gasteiger partial charge in [-0.2, -0.15) is 0 Å². The molecule has 0 spiro atoms. The fraction of sp³-hybridized carbons (Fsp3) is 0.222. The van der Waals surface area contributed by atoms with Crippen LogP contribution in [0.15, 0.2) is 54.6 Å². The van der Waals surface area contributed by atoms with Crippen molar-refractivity contribution in [2.75, 3.05) is 0 Å². The molecule has 0 aromatic heterocycles. The highest BCUT2D eigenvalue weighted by Gasteiger charge is 2.14. The Morgan fingerprint density at radius 1 is 1.05 bits per heavy atom. The topological polar surface area (TPSA) is 20.2 Å². The molecule has 0 saturated heterocycles. The third-order valence-electron chi connectivity index (χ3n) is 3.18. The first-order chi connectivity index (χ1) is 9.66. The summed E-state index contributed by atoms with van der Waals surface area (Å²) in [7, 11) is 0. The van der Waals surface area contributed by atoms with E-state index in [1.54, 1.807) is 18.2 Å². The van der Waals surface area contributed by atoms with E-state index in [1.165, 1.54) is 6.07 Å². The Kier molecular flexibility index (Phi) is 4.92. The van der Waals surface area contributed by atoms with Crippen LogP contribution in [-0.2, 0) is 6.42 Å². The highest BCUT2D eigenvalue weighted by atomic mass is 19.1. The Labute approximate surface area is 119 Å². The molecule has 0 unspecified atom stereocenters. The molecule has 2 rings (SSSR count). The molecule has 0 heterocycles. The Morgan fingerprint density at radius 2 is 1.70 bits per heavy atom. The second-order valence-electron chi connectivity index (χ2n) is 4.79. The quantitative estimate of drug-likeness (QED) is 0.846. The maximum Gasteiger partial charge on any atom is 0.126 e. The first-order valence-corrected chi connectivity index (χ1v) is 6.65. The lowest BCUT2D eigenvalue weighted by Crippen LogP contribution is -2.19. The number of aliphatic hydroxyl groups is 1. The summed E-state index contributed by atoms with van der Waals surface area (Å²) in [5.74, 6) is 5.54. The SMILES string of the molecule is C[C@@H](C#Cc1ccccc1)[C@@H](O)Cc1ccccc1F. The first kappa shape index (κ1) is 14.3. The van der Waals surface area contributed by atoms with Crippen LogP contribution in [0.25, 0.3) is 0 Å². The van der Waals surface area contributed by atoms with E-state index in [4.69, 9.17) is 0 Å². The molecule has 2 atom stereocenters. The largest absolute Gasteiger partial charge is 0.392 e. The molecule has 1 N–H and O–H groups in total. The van der Waals surface area contributed by atoms with Crippen molar-refractivity contribution < 1.29 is 9.50 Å². The molecule has 2 aromatic rings. The Balaban J connectivity index is 2.01. The van der Waals surface area contributed by atoms with Crippen LogP contribution in [-0.4, -0.2) is 11.2 Å². The van der Waals surface area contributed by atoms with Crippen LogP contribution in [0.5, 0.6) is 0 Å². The van der Waals surface area contributed by atoms with Gasteiger partial charge in [-0.1, -0.05) is 48.2 Å². The van der Waals surface area contributed by atoms with Crippen LogP contribution in [0.1, 0.15) is 18.1 Å². The minimum absolute atomic E-state index is 0.213. The van der Waals surface area contributed by atoms with Crippen LogP contribution in [0.3, 0.4) is 0 Å². The smallest absolute Gasteiger partial charge is 0.126 e. The van der Waals surface area contributed by atoms with Gasteiger partial charge in [0.05, 0.1) is 6.10 Å². The molecule has 2 aromatic carbocycles. The summed E-state index contributed by atoms with van der Waals surface area (Å²) in [6.45, 7) is 1.85. The normalized spacial score (nSPS) is 13.2. The number of hydrogen-bond acceptors (Lipinski definition) is 1. The van der Waals surface area contributed by atoms with Gasteiger partial charge in [0, 0.05) is 17.9 Å². The summed E-state index contributed by atoms with van der Waals surface area (Å²) in [6, 6.07) is 16.1. The third kappa shape index (κ3) is 3.94. The van der Waals surface area contributed by atoms with Gasteiger partial charge in [0.2, 0.25) is 0 Å². The van der Waals surface area contributed by atoms with E-state index in [0.717, 1.165) is 5.56 Å². The predicted molar refractivity (Wildman–Crippen MR) is 78.6 cm³/mol. The van der Waals surface area contributed by atoms with Crippen molar-refractivity contribution in [1.82, 2.24) is 0 Å². The zero-order valence-corrected chi connectivity index (χ0v) is 11.4. The van der Waals surface area contributed by atoms with Crippen LogP contribution in [0.4, 0.5) is 4.39 Å². The number of hydrogen-bond donors (Lipinski definition) is 1. The van der Waals surface area contributed by atoms with Crippen molar-refractivity contribution in [1.29, 1.82) is 0 Å². The van der Waals surface area contributed by atoms with Gasteiger partial charge in [0.1, 0.15) is 5.82 Å². The van der Waals surface area contributed by atoms with Gasteiger partial charge in [-0.15, -0.1) is 0 Å². The molecule has 0 aliphatic rings. The summed E-state index contributed by atoms with van der Waals surface area (Å²) >= 11 is 0. The number of halogens is 1. The van der Waals surface area contributed by atoms with Crippen molar-refractivity contribution in [3.63, 3.8) is 0 Å². The van der Waals surface area contributed by atoms with Gasteiger partial charge < -0.3 is 5.11 Å². The van der Waals surface area contributed by atoms with Gasteiger partial charge in [-0.3, -0.25) is 0 Å². The van der Waals surface area contributed by atoms with E-state index >= 15 is 0 Å².